The maximum atomic E-state index is 11.0. The van der Waals surface area contributed by atoms with Crippen LogP contribution in [0.4, 0.5) is 4.79 Å². The van der Waals surface area contributed by atoms with Gasteiger partial charge in [-0.15, -0.1) is 0 Å². The Morgan fingerprint density at radius 2 is 2.50 bits per heavy atom. The Labute approximate surface area is 81.5 Å². The van der Waals surface area contributed by atoms with Crippen molar-refractivity contribution in [3.8, 4) is 5.88 Å². The van der Waals surface area contributed by atoms with Crippen molar-refractivity contribution in [1.29, 1.82) is 0 Å². The number of aromatic nitrogens is 1. The fraction of sp³-hybridized carbons (Fsp3) is 0.333. The van der Waals surface area contributed by atoms with Crippen molar-refractivity contribution >= 4 is 6.03 Å². The third-order valence-electron chi connectivity index (χ3n) is 2.12. The summed E-state index contributed by atoms with van der Waals surface area (Å²) in [6.07, 6.45) is 1.67. The molecule has 14 heavy (non-hydrogen) atoms. The van der Waals surface area contributed by atoms with E-state index < -0.39 is 6.03 Å². The zero-order valence-corrected chi connectivity index (χ0v) is 7.64. The molecule has 0 spiro atoms. The number of carbonyl (C=O) groups is 1. The maximum Gasteiger partial charge on any atom is 0.315 e. The molecule has 2 N–H and O–H groups in total. The molecule has 0 unspecified atom stereocenters. The molecule has 0 aliphatic carbocycles. The molecule has 0 bridgehead atoms. The predicted octanol–water partition coefficient (Wildman–Crippen LogP) is 0.355. The molecule has 0 aromatic carbocycles. The Balaban J connectivity index is 2.26. The lowest BCUT2D eigenvalue weighted by atomic mass is 10.2. The maximum absolute atomic E-state index is 11.0. The van der Waals surface area contributed by atoms with Crippen molar-refractivity contribution in [2.45, 2.75) is 6.54 Å². The average molecular weight is 193 g/mol. The van der Waals surface area contributed by atoms with Gasteiger partial charge in [0.15, 0.2) is 0 Å². The lowest BCUT2D eigenvalue weighted by Crippen LogP contribution is -2.36. The minimum absolute atomic E-state index is 0.426. The van der Waals surface area contributed by atoms with Crippen LogP contribution >= 0.6 is 0 Å². The van der Waals surface area contributed by atoms with Crippen LogP contribution in [-0.4, -0.2) is 29.1 Å². The number of nitrogens with zero attached hydrogens (tertiary/aromatic N) is 2. The highest BCUT2D eigenvalue weighted by Gasteiger charge is 2.17. The van der Waals surface area contributed by atoms with Crippen LogP contribution in [0.3, 0.4) is 0 Å². The third kappa shape index (κ3) is 1.61. The number of amides is 2. The minimum Gasteiger partial charge on any atom is -0.476 e. The van der Waals surface area contributed by atoms with Gasteiger partial charge in [-0.3, -0.25) is 0 Å². The highest BCUT2D eigenvalue weighted by Crippen LogP contribution is 2.18. The topological polar surface area (TPSA) is 68.5 Å². The molecule has 0 radical (unpaired) electrons. The molecule has 1 aromatic rings. The fourth-order valence-corrected chi connectivity index (χ4v) is 1.40. The van der Waals surface area contributed by atoms with Gasteiger partial charge in [0.1, 0.15) is 6.61 Å². The van der Waals surface area contributed by atoms with Gasteiger partial charge in [-0.2, -0.15) is 0 Å². The first-order chi connectivity index (χ1) is 6.77. The monoisotopic (exact) mass is 193 g/mol. The van der Waals surface area contributed by atoms with Gasteiger partial charge in [-0.05, 0) is 6.07 Å². The fourth-order valence-electron chi connectivity index (χ4n) is 1.40. The smallest absolute Gasteiger partial charge is 0.315 e. The number of hydrogen-bond acceptors (Lipinski definition) is 3. The number of hydrogen-bond donors (Lipinski definition) is 1. The van der Waals surface area contributed by atoms with Crippen LogP contribution in [0, 0.1) is 0 Å². The molecule has 1 aromatic heterocycles. The summed E-state index contributed by atoms with van der Waals surface area (Å²) in [6, 6.07) is 3.27. The first-order valence-electron chi connectivity index (χ1n) is 4.38. The zero-order valence-electron chi connectivity index (χ0n) is 7.64. The van der Waals surface area contributed by atoms with Crippen LogP contribution < -0.4 is 10.5 Å². The van der Waals surface area contributed by atoms with Gasteiger partial charge in [0.05, 0.1) is 13.1 Å². The summed E-state index contributed by atoms with van der Waals surface area (Å²) in [5.41, 5.74) is 6.10. The average Bonchev–Trinajstić information content (AvgIpc) is 2.39. The lowest BCUT2D eigenvalue weighted by Gasteiger charge is -2.15. The summed E-state index contributed by atoms with van der Waals surface area (Å²) in [4.78, 5) is 16.6. The number of pyridine rings is 1. The van der Waals surface area contributed by atoms with E-state index in [1.807, 2.05) is 12.1 Å². The molecule has 1 aliphatic heterocycles. The Bertz CT molecular complexity index is 354. The molecule has 0 saturated carbocycles. The highest BCUT2D eigenvalue weighted by molar-refractivity contribution is 5.72. The molecule has 2 heterocycles. The molecular formula is C9H11N3O2. The van der Waals surface area contributed by atoms with Crippen molar-refractivity contribution in [2.75, 3.05) is 13.2 Å². The number of ether oxygens (including phenoxy) is 1. The predicted molar refractivity (Wildman–Crippen MR) is 49.7 cm³/mol. The molecular weight excluding hydrogens is 182 g/mol. The van der Waals surface area contributed by atoms with Crippen LogP contribution in [0.5, 0.6) is 5.88 Å². The molecule has 0 fully saturated rings. The van der Waals surface area contributed by atoms with Crippen molar-refractivity contribution in [1.82, 2.24) is 9.88 Å². The summed E-state index contributed by atoms with van der Waals surface area (Å²) >= 11 is 0. The van der Waals surface area contributed by atoms with Crippen molar-refractivity contribution in [2.24, 2.45) is 5.73 Å². The normalized spacial score (nSPS) is 15.3. The number of fused-ring (bicyclic) bond motifs is 1. The zero-order chi connectivity index (χ0) is 9.97. The van der Waals surface area contributed by atoms with Gasteiger partial charge < -0.3 is 15.4 Å². The Morgan fingerprint density at radius 3 is 3.29 bits per heavy atom. The van der Waals surface area contributed by atoms with Gasteiger partial charge in [-0.25, -0.2) is 9.78 Å². The Hall–Kier alpha value is -1.78. The van der Waals surface area contributed by atoms with Crippen LogP contribution in [0.1, 0.15) is 5.56 Å². The van der Waals surface area contributed by atoms with E-state index in [1.54, 1.807) is 6.20 Å². The quantitative estimate of drug-likeness (QED) is 0.646. The second-order valence-corrected chi connectivity index (χ2v) is 3.08. The van der Waals surface area contributed by atoms with Crippen molar-refractivity contribution in [3.63, 3.8) is 0 Å². The molecule has 5 nitrogen and oxygen atoms in total. The minimum atomic E-state index is -0.426. The van der Waals surface area contributed by atoms with Gasteiger partial charge in [0, 0.05) is 11.8 Å². The van der Waals surface area contributed by atoms with E-state index in [-0.39, 0.29) is 0 Å². The van der Waals surface area contributed by atoms with E-state index in [2.05, 4.69) is 4.98 Å². The van der Waals surface area contributed by atoms with Crippen molar-refractivity contribution < 1.29 is 9.53 Å². The number of carbonyl (C=O) groups excluding carboxylic acids is 1. The lowest BCUT2D eigenvalue weighted by molar-refractivity contribution is 0.196. The second-order valence-electron chi connectivity index (χ2n) is 3.08. The summed E-state index contributed by atoms with van der Waals surface area (Å²) in [7, 11) is 0. The van der Waals surface area contributed by atoms with Crippen LogP contribution in [0.2, 0.25) is 0 Å². The summed E-state index contributed by atoms with van der Waals surface area (Å²) in [5.74, 6) is 0.594. The van der Waals surface area contributed by atoms with E-state index in [4.69, 9.17) is 10.5 Å². The SMILES string of the molecule is NC(=O)N1CCOc2ncccc2C1. The number of rotatable bonds is 0. The highest BCUT2D eigenvalue weighted by atomic mass is 16.5. The Kier molecular flexibility index (Phi) is 2.22. The second kappa shape index (κ2) is 3.53. The molecule has 2 rings (SSSR count). The van der Waals surface area contributed by atoms with Crippen LogP contribution in [0.25, 0.3) is 0 Å². The molecule has 2 amide bonds. The van der Waals surface area contributed by atoms with E-state index in [9.17, 15) is 4.79 Å². The number of urea groups is 1. The first-order valence-corrected chi connectivity index (χ1v) is 4.38. The van der Waals surface area contributed by atoms with Crippen LogP contribution in [0.15, 0.2) is 18.3 Å². The number of nitrogens with two attached hydrogens (primary N) is 1. The molecule has 0 atom stereocenters. The van der Waals surface area contributed by atoms with Gasteiger partial charge in [0.2, 0.25) is 5.88 Å². The van der Waals surface area contributed by atoms with Gasteiger partial charge >= 0.3 is 6.03 Å². The first kappa shape index (κ1) is 8.80. The Morgan fingerprint density at radius 1 is 1.64 bits per heavy atom. The largest absolute Gasteiger partial charge is 0.476 e. The summed E-state index contributed by atoms with van der Waals surface area (Å²) < 4.78 is 5.37. The third-order valence-corrected chi connectivity index (χ3v) is 2.12. The molecule has 1 aliphatic rings. The van der Waals surface area contributed by atoms with E-state index in [0.29, 0.717) is 25.6 Å². The van der Waals surface area contributed by atoms with E-state index >= 15 is 0 Å². The molecule has 74 valence electrons. The summed E-state index contributed by atoms with van der Waals surface area (Å²) in [5, 5.41) is 0. The number of primary amides is 1. The van der Waals surface area contributed by atoms with Gasteiger partial charge in [-0.1, -0.05) is 6.07 Å². The van der Waals surface area contributed by atoms with Crippen LogP contribution in [-0.2, 0) is 6.54 Å². The standard InChI is InChI=1S/C9H11N3O2/c10-9(13)12-4-5-14-8-7(6-12)2-1-3-11-8/h1-3H,4-6H2,(H2,10,13). The van der Waals surface area contributed by atoms with E-state index in [1.165, 1.54) is 4.90 Å². The van der Waals surface area contributed by atoms with Crippen molar-refractivity contribution in [3.05, 3.63) is 23.9 Å². The molecule has 5 heteroatoms. The van der Waals surface area contributed by atoms with Gasteiger partial charge in [0.25, 0.3) is 0 Å². The molecule has 0 saturated heterocycles. The van der Waals surface area contributed by atoms with E-state index in [0.717, 1.165) is 5.56 Å². The summed E-state index contributed by atoms with van der Waals surface area (Å²) in [6.45, 7) is 1.41.